The van der Waals surface area contributed by atoms with Gasteiger partial charge >= 0.3 is 0 Å². The lowest BCUT2D eigenvalue weighted by molar-refractivity contribution is 0.546. The van der Waals surface area contributed by atoms with Gasteiger partial charge in [-0.25, -0.2) is 23.7 Å². The predicted molar refractivity (Wildman–Crippen MR) is 65.2 cm³/mol. The third-order valence-corrected chi connectivity index (χ3v) is 2.82. The number of anilines is 1. The molecule has 1 aromatic carbocycles. The molecule has 0 unspecified atom stereocenters. The Hall–Kier alpha value is -2.57. The summed E-state index contributed by atoms with van der Waals surface area (Å²) in [5.41, 5.74) is 6.46. The van der Waals surface area contributed by atoms with Crippen molar-refractivity contribution in [2.45, 2.75) is 6.54 Å². The molecule has 0 saturated carbocycles. The average molecular weight is 261 g/mol. The van der Waals surface area contributed by atoms with E-state index in [1.54, 1.807) is 0 Å². The Labute approximate surface area is 106 Å². The quantitative estimate of drug-likeness (QED) is 0.762. The number of aromatic nitrogens is 4. The van der Waals surface area contributed by atoms with Crippen molar-refractivity contribution in [3.05, 3.63) is 48.1 Å². The van der Waals surface area contributed by atoms with Gasteiger partial charge < -0.3 is 10.3 Å². The Morgan fingerprint density at radius 2 is 1.84 bits per heavy atom. The number of nitrogens with zero attached hydrogens (tertiary/aromatic N) is 4. The fourth-order valence-electron chi connectivity index (χ4n) is 1.87. The number of hydrogen-bond donors (Lipinski definition) is 1. The van der Waals surface area contributed by atoms with Crippen LogP contribution in [0.3, 0.4) is 0 Å². The van der Waals surface area contributed by atoms with Crippen LogP contribution in [0.4, 0.5) is 14.6 Å². The van der Waals surface area contributed by atoms with Crippen LogP contribution in [-0.2, 0) is 6.54 Å². The van der Waals surface area contributed by atoms with Crippen LogP contribution in [0.1, 0.15) is 5.56 Å². The SMILES string of the molecule is Nc1ncnc2c1ncn2Cc1c(F)cccc1F. The van der Waals surface area contributed by atoms with Gasteiger partial charge in [-0.1, -0.05) is 6.07 Å². The largest absolute Gasteiger partial charge is 0.382 e. The zero-order chi connectivity index (χ0) is 13.4. The Kier molecular flexibility index (Phi) is 2.59. The van der Waals surface area contributed by atoms with Crippen LogP contribution < -0.4 is 5.73 Å². The number of hydrogen-bond acceptors (Lipinski definition) is 4. The van der Waals surface area contributed by atoms with Crippen LogP contribution in [0.25, 0.3) is 11.2 Å². The summed E-state index contributed by atoms with van der Waals surface area (Å²) in [6.07, 6.45) is 2.72. The maximum atomic E-state index is 13.6. The first-order valence-corrected chi connectivity index (χ1v) is 5.51. The van der Waals surface area contributed by atoms with Gasteiger partial charge in [0.05, 0.1) is 12.9 Å². The van der Waals surface area contributed by atoms with Crippen molar-refractivity contribution in [3.8, 4) is 0 Å². The van der Waals surface area contributed by atoms with Crippen LogP contribution in [0.15, 0.2) is 30.9 Å². The number of nitrogen functional groups attached to an aromatic ring is 1. The van der Waals surface area contributed by atoms with E-state index >= 15 is 0 Å². The number of nitrogens with two attached hydrogens (primary N) is 1. The fourth-order valence-corrected chi connectivity index (χ4v) is 1.87. The van der Waals surface area contributed by atoms with E-state index in [9.17, 15) is 8.78 Å². The summed E-state index contributed by atoms with van der Waals surface area (Å²) < 4.78 is 28.7. The molecule has 2 aromatic heterocycles. The standard InChI is InChI=1S/C12H9F2N5/c13-8-2-1-3-9(14)7(8)4-19-6-18-10-11(15)16-5-17-12(10)19/h1-3,5-6H,4H2,(H2,15,16,17). The van der Waals surface area contributed by atoms with E-state index in [0.29, 0.717) is 11.2 Å². The Morgan fingerprint density at radius 1 is 1.11 bits per heavy atom. The van der Waals surface area contributed by atoms with Crippen LogP contribution in [0.2, 0.25) is 0 Å². The summed E-state index contributed by atoms with van der Waals surface area (Å²) in [7, 11) is 0. The molecule has 3 aromatic rings. The lowest BCUT2D eigenvalue weighted by atomic mass is 10.2. The summed E-state index contributed by atoms with van der Waals surface area (Å²) in [6.45, 7) is -0.00847. The number of benzene rings is 1. The summed E-state index contributed by atoms with van der Waals surface area (Å²) in [6, 6.07) is 3.74. The summed E-state index contributed by atoms with van der Waals surface area (Å²) in [5, 5.41) is 0. The predicted octanol–water partition coefficient (Wildman–Crippen LogP) is 1.73. The lowest BCUT2D eigenvalue weighted by Crippen LogP contribution is -2.04. The second-order valence-corrected chi connectivity index (χ2v) is 4.00. The van der Waals surface area contributed by atoms with Crippen LogP contribution in [0.5, 0.6) is 0 Å². The number of rotatable bonds is 2. The first-order valence-electron chi connectivity index (χ1n) is 5.51. The fraction of sp³-hybridized carbons (Fsp3) is 0.0833. The third kappa shape index (κ3) is 1.88. The molecule has 7 heteroatoms. The zero-order valence-corrected chi connectivity index (χ0v) is 9.72. The number of halogens is 2. The maximum absolute atomic E-state index is 13.6. The number of imidazole rings is 1. The molecule has 0 spiro atoms. The molecule has 5 nitrogen and oxygen atoms in total. The molecule has 2 heterocycles. The summed E-state index contributed by atoms with van der Waals surface area (Å²) in [4.78, 5) is 11.9. The minimum atomic E-state index is -0.608. The average Bonchev–Trinajstić information content (AvgIpc) is 2.79. The molecule has 0 aliphatic carbocycles. The maximum Gasteiger partial charge on any atom is 0.165 e. The lowest BCUT2D eigenvalue weighted by Gasteiger charge is -2.06. The van der Waals surface area contributed by atoms with Gasteiger partial charge in [0.15, 0.2) is 11.5 Å². The second kappa shape index (κ2) is 4.27. The number of fused-ring (bicyclic) bond motifs is 1. The van der Waals surface area contributed by atoms with Gasteiger partial charge in [-0.05, 0) is 12.1 Å². The van der Waals surface area contributed by atoms with Crippen molar-refractivity contribution in [2.24, 2.45) is 0 Å². The van der Waals surface area contributed by atoms with Crippen molar-refractivity contribution < 1.29 is 8.78 Å². The molecule has 0 saturated heterocycles. The Bertz CT molecular complexity index is 733. The van der Waals surface area contributed by atoms with E-state index in [1.165, 1.54) is 35.4 Å². The molecular formula is C12H9F2N5. The van der Waals surface area contributed by atoms with E-state index in [4.69, 9.17) is 5.73 Å². The van der Waals surface area contributed by atoms with E-state index in [0.717, 1.165) is 0 Å². The van der Waals surface area contributed by atoms with Crippen molar-refractivity contribution in [1.29, 1.82) is 0 Å². The van der Waals surface area contributed by atoms with Gasteiger partial charge in [-0.15, -0.1) is 0 Å². The summed E-state index contributed by atoms with van der Waals surface area (Å²) >= 11 is 0. The third-order valence-electron chi connectivity index (χ3n) is 2.82. The molecule has 3 rings (SSSR count). The van der Waals surface area contributed by atoms with Gasteiger partial charge in [0.1, 0.15) is 23.5 Å². The molecule has 0 atom stereocenters. The van der Waals surface area contributed by atoms with E-state index in [-0.39, 0.29) is 17.9 Å². The highest BCUT2D eigenvalue weighted by Gasteiger charge is 2.12. The highest BCUT2D eigenvalue weighted by molar-refractivity contribution is 5.81. The monoisotopic (exact) mass is 261 g/mol. The van der Waals surface area contributed by atoms with Crippen molar-refractivity contribution in [2.75, 3.05) is 5.73 Å². The molecule has 96 valence electrons. The molecule has 19 heavy (non-hydrogen) atoms. The first-order chi connectivity index (χ1) is 9.16. The van der Waals surface area contributed by atoms with Gasteiger partial charge in [-0.3, -0.25) is 0 Å². The minimum absolute atomic E-state index is 0.00847. The smallest absolute Gasteiger partial charge is 0.165 e. The van der Waals surface area contributed by atoms with Crippen molar-refractivity contribution >= 4 is 17.0 Å². The molecule has 0 bridgehead atoms. The Morgan fingerprint density at radius 3 is 2.58 bits per heavy atom. The topological polar surface area (TPSA) is 69.6 Å². The molecule has 0 amide bonds. The summed E-state index contributed by atoms with van der Waals surface area (Å²) in [5.74, 6) is -0.981. The normalized spacial score (nSPS) is 11.1. The second-order valence-electron chi connectivity index (χ2n) is 4.00. The van der Waals surface area contributed by atoms with Gasteiger partial charge in [0.25, 0.3) is 0 Å². The van der Waals surface area contributed by atoms with Gasteiger partial charge in [0, 0.05) is 5.56 Å². The van der Waals surface area contributed by atoms with Crippen molar-refractivity contribution in [1.82, 2.24) is 19.5 Å². The molecule has 0 fully saturated rings. The zero-order valence-electron chi connectivity index (χ0n) is 9.72. The highest BCUT2D eigenvalue weighted by atomic mass is 19.1. The van der Waals surface area contributed by atoms with E-state index in [2.05, 4.69) is 15.0 Å². The molecule has 0 radical (unpaired) electrons. The van der Waals surface area contributed by atoms with Gasteiger partial charge in [0.2, 0.25) is 0 Å². The minimum Gasteiger partial charge on any atom is -0.382 e. The van der Waals surface area contributed by atoms with Crippen LogP contribution in [-0.4, -0.2) is 19.5 Å². The molecule has 0 aliphatic rings. The molecule has 2 N–H and O–H groups in total. The highest BCUT2D eigenvalue weighted by Crippen LogP contribution is 2.18. The van der Waals surface area contributed by atoms with E-state index < -0.39 is 11.6 Å². The first kappa shape index (κ1) is 11.5. The Balaban J connectivity index is 2.09. The molecule has 0 aliphatic heterocycles. The van der Waals surface area contributed by atoms with Gasteiger partial charge in [-0.2, -0.15) is 0 Å². The van der Waals surface area contributed by atoms with Crippen LogP contribution in [0, 0.1) is 11.6 Å². The molecular weight excluding hydrogens is 252 g/mol. The van der Waals surface area contributed by atoms with Crippen molar-refractivity contribution in [3.63, 3.8) is 0 Å². The van der Waals surface area contributed by atoms with Crippen LogP contribution >= 0.6 is 0 Å². The van der Waals surface area contributed by atoms with E-state index in [1.807, 2.05) is 0 Å².